The van der Waals surface area contributed by atoms with Crippen molar-refractivity contribution >= 4 is 17.6 Å². The molecule has 0 unspecified atom stereocenters. The monoisotopic (exact) mass is 403 g/mol. The van der Waals surface area contributed by atoms with E-state index in [1.54, 1.807) is 12.1 Å². The van der Waals surface area contributed by atoms with Crippen LogP contribution in [0.3, 0.4) is 0 Å². The average Bonchev–Trinajstić information content (AvgIpc) is 3.23. The summed E-state index contributed by atoms with van der Waals surface area (Å²) in [5.41, 5.74) is 3.75. The van der Waals surface area contributed by atoms with E-state index in [1.165, 1.54) is 19.2 Å². The molecule has 1 aliphatic rings. The maximum absolute atomic E-state index is 12.2. The van der Waals surface area contributed by atoms with Crippen LogP contribution in [-0.4, -0.2) is 47.2 Å². The van der Waals surface area contributed by atoms with Crippen molar-refractivity contribution in [1.82, 2.24) is 9.55 Å². The number of nitrogens with one attached hydrogen (secondary N) is 1. The topological polar surface area (TPSA) is 143 Å². The molecule has 0 saturated carbocycles. The molecule has 1 aliphatic heterocycles. The van der Waals surface area contributed by atoms with Crippen LogP contribution in [0, 0.1) is 0 Å². The number of hydrogen-bond acceptors (Lipinski definition) is 8. The number of Topliss-reactive ketones (excluding diaryl/α,β-unsaturated/α-hetero) is 1. The maximum atomic E-state index is 12.2. The summed E-state index contributed by atoms with van der Waals surface area (Å²) >= 11 is 0. The summed E-state index contributed by atoms with van der Waals surface area (Å²) in [5, 5.41) is 0. The van der Waals surface area contributed by atoms with Gasteiger partial charge < -0.3 is 19.9 Å². The maximum Gasteiger partial charge on any atom is 0.338 e. The van der Waals surface area contributed by atoms with Gasteiger partial charge in [0.15, 0.2) is 6.61 Å². The molecule has 3 N–H and O–H groups in total. The highest BCUT2D eigenvalue weighted by atomic mass is 16.5. The Morgan fingerprint density at radius 3 is 2.66 bits per heavy atom. The van der Waals surface area contributed by atoms with Crippen LogP contribution in [0.5, 0.6) is 5.75 Å². The van der Waals surface area contributed by atoms with Gasteiger partial charge in [-0.3, -0.25) is 19.1 Å². The van der Waals surface area contributed by atoms with Crippen molar-refractivity contribution in [2.45, 2.75) is 18.9 Å². The van der Waals surface area contributed by atoms with Gasteiger partial charge in [0.25, 0.3) is 5.56 Å². The Morgan fingerprint density at radius 1 is 1.28 bits per heavy atom. The molecular weight excluding hydrogens is 382 g/mol. The number of ether oxygens (including phenoxy) is 3. The van der Waals surface area contributed by atoms with Crippen molar-refractivity contribution in [3.8, 4) is 5.75 Å². The second-order valence-corrected chi connectivity index (χ2v) is 6.55. The molecule has 3 rings (SSSR count). The molecule has 0 spiro atoms. The van der Waals surface area contributed by atoms with Crippen LogP contribution in [0.1, 0.15) is 33.6 Å². The summed E-state index contributed by atoms with van der Waals surface area (Å²) in [6.07, 6.45) is 2.06. The standard InChI is InChI=1S/C19H21N3O7/c1-22-16(20)15(17(24)21-19(22)26)14(23)10-29-18(25)11-4-6-12(7-5-11)28-9-13-3-2-8-27-13/h4-7,13H,2-3,8-10,20H2,1H3,(H,21,24,26)/t13-/m0/s1. The normalized spacial score (nSPS) is 15.8. The number of nitrogen functional groups attached to an aromatic ring is 1. The van der Waals surface area contributed by atoms with Crippen LogP contribution in [0.2, 0.25) is 0 Å². The molecule has 2 heterocycles. The number of esters is 1. The van der Waals surface area contributed by atoms with Crippen molar-refractivity contribution in [2.75, 3.05) is 25.6 Å². The first-order valence-corrected chi connectivity index (χ1v) is 9.00. The van der Waals surface area contributed by atoms with Gasteiger partial charge >= 0.3 is 11.7 Å². The molecule has 0 bridgehead atoms. The summed E-state index contributed by atoms with van der Waals surface area (Å²) in [5.74, 6) is -1.28. The molecule has 2 aromatic rings. The predicted octanol–water partition coefficient (Wildman–Crippen LogP) is 0.253. The number of hydrogen-bond donors (Lipinski definition) is 2. The summed E-state index contributed by atoms with van der Waals surface area (Å²) in [7, 11) is 1.30. The van der Waals surface area contributed by atoms with E-state index in [9.17, 15) is 19.2 Å². The Labute approximate surface area is 165 Å². The fourth-order valence-corrected chi connectivity index (χ4v) is 2.85. The Kier molecular flexibility index (Phi) is 6.13. The van der Waals surface area contributed by atoms with Crippen molar-refractivity contribution < 1.29 is 23.8 Å². The van der Waals surface area contributed by atoms with E-state index in [1.807, 2.05) is 4.98 Å². The number of benzene rings is 1. The number of rotatable bonds is 7. The van der Waals surface area contributed by atoms with Crippen LogP contribution >= 0.6 is 0 Å². The Bertz CT molecular complexity index is 1020. The number of H-pyrrole nitrogens is 1. The second kappa shape index (κ2) is 8.74. The van der Waals surface area contributed by atoms with Gasteiger partial charge in [-0.2, -0.15) is 0 Å². The molecule has 1 atom stereocenters. The third-order valence-electron chi connectivity index (χ3n) is 4.53. The van der Waals surface area contributed by atoms with Gasteiger partial charge in [-0.1, -0.05) is 0 Å². The highest BCUT2D eigenvalue weighted by Gasteiger charge is 2.20. The Morgan fingerprint density at radius 2 is 2.00 bits per heavy atom. The first-order valence-electron chi connectivity index (χ1n) is 9.00. The molecule has 10 nitrogen and oxygen atoms in total. The van der Waals surface area contributed by atoms with Crippen molar-refractivity contribution in [2.24, 2.45) is 7.05 Å². The zero-order valence-electron chi connectivity index (χ0n) is 15.8. The SMILES string of the molecule is Cn1c(N)c(C(=O)COC(=O)c2ccc(OC[C@@H]3CCCO3)cc2)c(=O)[nH]c1=O. The minimum absolute atomic E-state index is 0.0821. The average molecular weight is 403 g/mol. The molecular formula is C19H21N3O7. The van der Waals surface area contributed by atoms with Crippen molar-refractivity contribution in [1.29, 1.82) is 0 Å². The van der Waals surface area contributed by atoms with E-state index in [-0.39, 0.29) is 17.5 Å². The number of carbonyl (C=O) groups excluding carboxylic acids is 2. The highest BCUT2D eigenvalue weighted by Crippen LogP contribution is 2.17. The lowest BCUT2D eigenvalue weighted by Crippen LogP contribution is -2.35. The van der Waals surface area contributed by atoms with Crippen molar-refractivity contribution in [3.05, 3.63) is 56.2 Å². The minimum atomic E-state index is -0.931. The molecule has 0 amide bonds. The lowest BCUT2D eigenvalue weighted by atomic mass is 10.2. The third-order valence-corrected chi connectivity index (χ3v) is 4.53. The van der Waals surface area contributed by atoms with Gasteiger partial charge in [-0.05, 0) is 37.1 Å². The van der Waals surface area contributed by atoms with E-state index in [2.05, 4.69) is 0 Å². The van der Waals surface area contributed by atoms with E-state index in [0.29, 0.717) is 12.4 Å². The minimum Gasteiger partial charge on any atom is -0.491 e. The first kappa shape index (κ1) is 20.3. The molecule has 1 aromatic heterocycles. The van der Waals surface area contributed by atoms with Crippen molar-refractivity contribution in [3.63, 3.8) is 0 Å². The number of aromatic nitrogens is 2. The Balaban J connectivity index is 1.58. The molecule has 1 aromatic carbocycles. The fraction of sp³-hybridized carbons (Fsp3) is 0.368. The smallest absolute Gasteiger partial charge is 0.338 e. The van der Waals surface area contributed by atoms with E-state index in [4.69, 9.17) is 19.9 Å². The highest BCUT2D eigenvalue weighted by molar-refractivity contribution is 6.02. The van der Waals surface area contributed by atoms with Gasteiger partial charge in [-0.15, -0.1) is 0 Å². The third kappa shape index (κ3) is 4.72. The molecule has 0 aliphatic carbocycles. The van der Waals surface area contributed by atoms with Crippen LogP contribution in [0.25, 0.3) is 0 Å². The first-order chi connectivity index (χ1) is 13.9. The molecule has 1 saturated heterocycles. The van der Waals surface area contributed by atoms with Crippen LogP contribution in [-0.2, 0) is 16.5 Å². The zero-order chi connectivity index (χ0) is 21.0. The summed E-state index contributed by atoms with van der Waals surface area (Å²) < 4.78 is 17.0. The number of nitrogens with two attached hydrogens (primary N) is 1. The lowest BCUT2D eigenvalue weighted by Gasteiger charge is -2.11. The summed E-state index contributed by atoms with van der Waals surface area (Å²) in [6.45, 7) is 0.490. The largest absolute Gasteiger partial charge is 0.491 e. The summed E-state index contributed by atoms with van der Waals surface area (Å²) in [4.78, 5) is 49.6. The van der Waals surface area contributed by atoms with Crippen LogP contribution < -0.4 is 21.7 Å². The predicted molar refractivity (Wildman–Crippen MR) is 102 cm³/mol. The number of aromatic amines is 1. The van der Waals surface area contributed by atoms with E-state index >= 15 is 0 Å². The second-order valence-electron chi connectivity index (χ2n) is 6.55. The van der Waals surface area contributed by atoms with E-state index in [0.717, 1.165) is 24.0 Å². The van der Waals surface area contributed by atoms with Gasteiger partial charge in [0, 0.05) is 13.7 Å². The number of anilines is 1. The summed E-state index contributed by atoms with van der Waals surface area (Å²) in [6, 6.07) is 6.24. The fourth-order valence-electron chi connectivity index (χ4n) is 2.85. The molecule has 1 fully saturated rings. The van der Waals surface area contributed by atoms with Gasteiger partial charge in [-0.25, -0.2) is 9.59 Å². The lowest BCUT2D eigenvalue weighted by molar-refractivity contribution is 0.0474. The molecule has 0 radical (unpaired) electrons. The van der Waals surface area contributed by atoms with Crippen LogP contribution in [0.15, 0.2) is 33.9 Å². The van der Waals surface area contributed by atoms with Gasteiger partial charge in [0.05, 0.1) is 11.7 Å². The van der Waals surface area contributed by atoms with E-state index < -0.39 is 35.2 Å². The van der Waals surface area contributed by atoms with Gasteiger partial charge in [0.2, 0.25) is 5.78 Å². The van der Waals surface area contributed by atoms with Crippen LogP contribution in [0.4, 0.5) is 5.82 Å². The Hall–Kier alpha value is -3.40. The number of carbonyl (C=O) groups is 2. The molecule has 10 heteroatoms. The number of nitrogens with zero attached hydrogens (tertiary/aromatic N) is 1. The molecule has 154 valence electrons. The molecule has 29 heavy (non-hydrogen) atoms. The zero-order valence-corrected chi connectivity index (χ0v) is 15.8. The quantitative estimate of drug-likeness (QED) is 0.495. The van der Waals surface area contributed by atoms with Gasteiger partial charge in [0.1, 0.15) is 23.7 Å². The number of ketones is 1.